The van der Waals surface area contributed by atoms with Crippen LogP contribution in [0.1, 0.15) is 45.1 Å². The van der Waals surface area contributed by atoms with Gasteiger partial charge in [-0.3, -0.25) is 9.69 Å². The lowest BCUT2D eigenvalue weighted by Gasteiger charge is -2.40. The Morgan fingerprint density at radius 3 is 2.61 bits per heavy atom. The molecule has 2 aliphatic rings. The van der Waals surface area contributed by atoms with Crippen LogP contribution in [0.25, 0.3) is 0 Å². The number of amides is 1. The fourth-order valence-corrected chi connectivity index (χ4v) is 5.04. The van der Waals surface area contributed by atoms with Crippen molar-refractivity contribution in [3.63, 3.8) is 0 Å². The van der Waals surface area contributed by atoms with E-state index in [0.29, 0.717) is 28.0 Å². The third kappa shape index (κ3) is 3.93. The number of benzene rings is 1. The van der Waals surface area contributed by atoms with Gasteiger partial charge in [0.2, 0.25) is 0 Å². The molecule has 0 bridgehead atoms. The number of halogens is 2. The molecule has 1 aliphatic carbocycles. The third-order valence-corrected chi connectivity index (χ3v) is 6.51. The van der Waals surface area contributed by atoms with Crippen molar-refractivity contribution in [1.29, 1.82) is 5.26 Å². The van der Waals surface area contributed by atoms with Gasteiger partial charge < -0.3 is 9.64 Å². The molecule has 0 aromatic heterocycles. The first-order valence-electron chi connectivity index (χ1n) is 9.36. The zero-order chi connectivity index (χ0) is 20.5. The van der Waals surface area contributed by atoms with Crippen molar-refractivity contribution in [2.24, 2.45) is 0 Å². The van der Waals surface area contributed by atoms with Gasteiger partial charge in [-0.2, -0.15) is 5.26 Å². The Labute approximate surface area is 184 Å². The molecule has 0 atom stereocenters. The minimum absolute atomic E-state index is 0.0732. The van der Waals surface area contributed by atoms with Gasteiger partial charge in [-0.25, -0.2) is 0 Å². The van der Waals surface area contributed by atoms with Crippen molar-refractivity contribution in [2.45, 2.75) is 57.2 Å². The summed E-state index contributed by atoms with van der Waals surface area (Å²) >= 11 is 15.3. The van der Waals surface area contributed by atoms with Crippen molar-refractivity contribution in [3.8, 4) is 6.07 Å². The van der Waals surface area contributed by atoms with Crippen LogP contribution in [-0.2, 0) is 9.53 Å². The molecule has 1 aromatic carbocycles. The monoisotopic (exact) mass is 483 g/mol. The lowest BCUT2D eigenvalue weighted by molar-refractivity contribution is -0.124. The SMILES string of the molecule is CC1(C)C(=O)N(c2ccc(C#N)c(Cl)c2)C(=S)N1C1CCC(OCCBr)CC1. The van der Waals surface area contributed by atoms with Gasteiger partial charge in [0.15, 0.2) is 5.11 Å². The molecular formula is C20H23BrClN3O2S. The summed E-state index contributed by atoms with van der Waals surface area (Å²) in [5.41, 5.74) is 0.246. The lowest BCUT2D eigenvalue weighted by Crippen LogP contribution is -2.51. The number of carbonyl (C=O) groups is 1. The molecule has 1 aromatic rings. The van der Waals surface area contributed by atoms with Gasteiger partial charge in [0.05, 0.1) is 29.0 Å². The number of thiocarbonyl (C=S) groups is 1. The number of hydrogen-bond donors (Lipinski definition) is 0. The summed E-state index contributed by atoms with van der Waals surface area (Å²) in [6.07, 6.45) is 4.07. The van der Waals surface area contributed by atoms with Crippen molar-refractivity contribution >= 4 is 56.5 Å². The second kappa shape index (κ2) is 8.66. The molecule has 1 saturated carbocycles. The van der Waals surface area contributed by atoms with Crippen molar-refractivity contribution < 1.29 is 9.53 Å². The second-order valence-electron chi connectivity index (χ2n) is 7.62. The molecular weight excluding hydrogens is 462 g/mol. The van der Waals surface area contributed by atoms with Gasteiger partial charge in [-0.15, -0.1) is 0 Å². The Bertz CT molecular complexity index is 818. The van der Waals surface area contributed by atoms with Gasteiger partial charge in [0.25, 0.3) is 5.91 Å². The smallest absolute Gasteiger partial charge is 0.258 e. The largest absolute Gasteiger partial charge is 0.377 e. The standard InChI is InChI=1S/C20H23BrClN3O2S/c1-20(2)18(26)24(15-4-3-13(12-23)17(22)11-15)19(28)25(20)14-5-7-16(8-6-14)27-10-9-21/h3-4,11,14,16H,5-10H2,1-2H3. The molecule has 28 heavy (non-hydrogen) atoms. The molecule has 0 unspecified atom stereocenters. The molecule has 1 amide bonds. The van der Waals surface area contributed by atoms with Gasteiger partial charge >= 0.3 is 0 Å². The number of anilines is 1. The maximum atomic E-state index is 13.2. The van der Waals surface area contributed by atoms with Crippen LogP contribution < -0.4 is 4.90 Å². The van der Waals surface area contributed by atoms with Gasteiger partial charge in [0.1, 0.15) is 11.6 Å². The lowest BCUT2D eigenvalue weighted by atomic mass is 9.89. The number of hydrogen-bond acceptors (Lipinski definition) is 4. The first-order chi connectivity index (χ1) is 13.3. The van der Waals surface area contributed by atoms with E-state index in [1.165, 1.54) is 0 Å². The van der Waals surface area contributed by atoms with Crippen LogP contribution in [0.5, 0.6) is 0 Å². The number of rotatable bonds is 5. The maximum Gasteiger partial charge on any atom is 0.258 e. The molecule has 1 saturated heterocycles. The highest BCUT2D eigenvalue weighted by molar-refractivity contribution is 9.09. The van der Waals surface area contributed by atoms with E-state index in [1.807, 2.05) is 19.9 Å². The summed E-state index contributed by atoms with van der Waals surface area (Å²) in [5, 5.41) is 10.7. The fraction of sp³-hybridized carbons (Fsp3) is 0.550. The zero-order valence-electron chi connectivity index (χ0n) is 16.0. The van der Waals surface area contributed by atoms with Gasteiger partial charge in [0, 0.05) is 11.4 Å². The highest BCUT2D eigenvalue weighted by Gasteiger charge is 2.52. The number of ether oxygens (including phenoxy) is 1. The Morgan fingerprint density at radius 2 is 2.04 bits per heavy atom. The second-order valence-corrected chi connectivity index (χ2v) is 9.18. The predicted octanol–water partition coefficient (Wildman–Crippen LogP) is 4.65. The van der Waals surface area contributed by atoms with E-state index < -0.39 is 5.54 Å². The van der Waals surface area contributed by atoms with Crippen molar-refractivity contribution in [3.05, 3.63) is 28.8 Å². The average Bonchev–Trinajstić information content (AvgIpc) is 2.85. The molecule has 0 radical (unpaired) electrons. The van der Waals surface area contributed by atoms with E-state index in [2.05, 4.69) is 20.8 Å². The molecule has 2 fully saturated rings. The van der Waals surface area contributed by atoms with Crippen molar-refractivity contribution in [1.82, 2.24) is 4.90 Å². The summed E-state index contributed by atoms with van der Waals surface area (Å²) in [5.74, 6) is -0.0732. The quantitative estimate of drug-likeness (QED) is 0.450. The summed E-state index contributed by atoms with van der Waals surface area (Å²) in [7, 11) is 0. The Morgan fingerprint density at radius 1 is 1.36 bits per heavy atom. The highest BCUT2D eigenvalue weighted by atomic mass is 79.9. The van der Waals surface area contributed by atoms with Crippen LogP contribution in [0, 0.1) is 11.3 Å². The van der Waals surface area contributed by atoms with Crippen LogP contribution >= 0.6 is 39.7 Å². The number of carbonyl (C=O) groups excluding carboxylic acids is 1. The molecule has 0 spiro atoms. The average molecular weight is 485 g/mol. The summed E-state index contributed by atoms with van der Waals surface area (Å²) in [6.45, 7) is 4.55. The third-order valence-electron chi connectivity index (χ3n) is 5.50. The van der Waals surface area contributed by atoms with Crippen LogP contribution in [0.2, 0.25) is 5.02 Å². The Kier molecular flexibility index (Phi) is 6.65. The maximum absolute atomic E-state index is 13.2. The molecule has 150 valence electrons. The van der Waals surface area contributed by atoms with Crippen molar-refractivity contribution in [2.75, 3.05) is 16.8 Å². The predicted molar refractivity (Wildman–Crippen MR) is 118 cm³/mol. The van der Waals surface area contributed by atoms with E-state index in [4.69, 9.17) is 33.8 Å². The molecule has 3 rings (SSSR count). The van der Waals surface area contributed by atoms with E-state index in [9.17, 15) is 4.79 Å². The molecule has 1 aliphatic heterocycles. The minimum atomic E-state index is -0.730. The Hall–Kier alpha value is -1.20. The van der Waals surface area contributed by atoms with E-state index >= 15 is 0 Å². The summed E-state index contributed by atoms with van der Waals surface area (Å²) in [6, 6.07) is 7.22. The topological polar surface area (TPSA) is 56.6 Å². The first kappa shape index (κ1) is 21.5. The molecule has 8 heteroatoms. The van der Waals surface area contributed by atoms with Crippen LogP contribution in [0.4, 0.5) is 5.69 Å². The van der Waals surface area contributed by atoms with Crippen LogP contribution in [-0.4, -0.2) is 45.5 Å². The van der Waals surface area contributed by atoms with Crippen LogP contribution in [0.3, 0.4) is 0 Å². The molecule has 1 heterocycles. The van der Waals surface area contributed by atoms with Crippen LogP contribution in [0.15, 0.2) is 18.2 Å². The number of nitrogens with zero attached hydrogens (tertiary/aromatic N) is 3. The number of nitriles is 1. The van der Waals surface area contributed by atoms with E-state index in [1.54, 1.807) is 23.1 Å². The first-order valence-corrected chi connectivity index (χ1v) is 11.3. The van der Waals surface area contributed by atoms with Gasteiger partial charge in [-0.05, 0) is 69.9 Å². The van der Waals surface area contributed by atoms with E-state index in [0.717, 1.165) is 31.0 Å². The number of alkyl halides is 1. The normalized spacial score (nSPS) is 24.5. The zero-order valence-corrected chi connectivity index (χ0v) is 19.1. The fourth-order valence-electron chi connectivity index (χ4n) is 4.07. The minimum Gasteiger partial charge on any atom is -0.377 e. The summed E-state index contributed by atoms with van der Waals surface area (Å²) in [4.78, 5) is 16.9. The molecule has 0 N–H and O–H groups in total. The molecule has 5 nitrogen and oxygen atoms in total. The van der Waals surface area contributed by atoms with Gasteiger partial charge in [-0.1, -0.05) is 27.5 Å². The highest BCUT2D eigenvalue weighted by Crippen LogP contribution is 2.38. The van der Waals surface area contributed by atoms with E-state index in [-0.39, 0.29) is 18.1 Å². The Balaban J connectivity index is 1.81. The summed E-state index contributed by atoms with van der Waals surface area (Å²) < 4.78 is 5.85.